The van der Waals surface area contributed by atoms with Crippen LogP contribution in [0.2, 0.25) is 0 Å². The van der Waals surface area contributed by atoms with Crippen LogP contribution in [-0.4, -0.2) is 11.7 Å². The average molecular weight is 684 g/mol. The lowest BCUT2D eigenvalue weighted by Gasteiger charge is -2.24. The highest BCUT2D eigenvalue weighted by Crippen LogP contribution is 2.45. The van der Waals surface area contributed by atoms with Crippen LogP contribution in [-0.2, 0) is 0 Å². The SMILES string of the molecule is c1ccc(C2N=C(c3cc4ccccc4c4ccccc34)N=C(c3cccc4oc5cccc(-c6cccc7c6sc6ccccc67)c5c34)N2)cc1. The zero-order chi connectivity index (χ0) is 34.2. The Balaban J connectivity index is 1.17. The van der Waals surface area contributed by atoms with Gasteiger partial charge < -0.3 is 9.73 Å². The minimum absolute atomic E-state index is 0.339. The Bertz CT molecular complexity index is 3120. The third kappa shape index (κ3) is 4.46. The smallest absolute Gasteiger partial charge is 0.160 e. The monoisotopic (exact) mass is 683 g/mol. The molecule has 1 N–H and O–H groups in total. The number of amidine groups is 2. The summed E-state index contributed by atoms with van der Waals surface area (Å²) >= 11 is 1.85. The number of hydrogen-bond donors (Lipinski definition) is 1. The number of rotatable bonds is 4. The van der Waals surface area contributed by atoms with Crippen molar-refractivity contribution < 1.29 is 4.42 Å². The lowest BCUT2D eigenvalue weighted by Crippen LogP contribution is -2.33. The Labute approximate surface area is 303 Å². The number of nitrogens with one attached hydrogen (secondary N) is 1. The van der Waals surface area contributed by atoms with Gasteiger partial charge in [0.15, 0.2) is 5.84 Å². The van der Waals surface area contributed by atoms with E-state index in [4.69, 9.17) is 14.4 Å². The van der Waals surface area contributed by atoms with Crippen molar-refractivity contribution in [3.05, 3.63) is 180 Å². The van der Waals surface area contributed by atoms with Gasteiger partial charge in [-0.2, -0.15) is 0 Å². The van der Waals surface area contributed by atoms with Gasteiger partial charge >= 0.3 is 0 Å². The molecule has 0 spiro atoms. The topological polar surface area (TPSA) is 49.9 Å². The molecular weight excluding hydrogens is 655 g/mol. The maximum atomic E-state index is 6.64. The molecule has 0 saturated carbocycles. The van der Waals surface area contributed by atoms with Crippen molar-refractivity contribution in [2.75, 3.05) is 0 Å². The molecule has 244 valence electrons. The number of thiophene rings is 1. The largest absolute Gasteiger partial charge is 0.456 e. The van der Waals surface area contributed by atoms with Crippen LogP contribution in [0.25, 0.3) is 74.8 Å². The Morgan fingerprint density at radius 2 is 1.13 bits per heavy atom. The Morgan fingerprint density at radius 1 is 0.500 bits per heavy atom. The van der Waals surface area contributed by atoms with Crippen molar-refractivity contribution in [1.82, 2.24) is 5.32 Å². The van der Waals surface area contributed by atoms with Gasteiger partial charge in [-0.1, -0.05) is 140 Å². The molecule has 0 bridgehead atoms. The summed E-state index contributed by atoms with van der Waals surface area (Å²) in [5.74, 6) is 1.46. The number of furan rings is 1. The first-order valence-electron chi connectivity index (χ1n) is 17.5. The minimum atomic E-state index is -0.339. The van der Waals surface area contributed by atoms with Crippen LogP contribution in [0.3, 0.4) is 0 Å². The highest BCUT2D eigenvalue weighted by Gasteiger charge is 2.26. The number of hydrogen-bond acceptors (Lipinski definition) is 5. The molecule has 0 saturated heterocycles. The molecule has 1 unspecified atom stereocenters. The van der Waals surface area contributed by atoms with Crippen LogP contribution in [0.5, 0.6) is 0 Å². The number of nitrogens with zero attached hydrogens (tertiary/aromatic N) is 2. The van der Waals surface area contributed by atoms with Gasteiger partial charge in [-0.25, -0.2) is 9.98 Å². The standard InChI is InChI=1S/C47H29N3OS/c1-2-13-28(14-3-1)45-48-46(50-47(49-45)38-27-29-15-4-5-16-30(29)31-17-6-7-18-32(31)38)37-23-12-25-40-43(37)42-34(20-11-24-39(42)51-40)36-22-10-21-35-33-19-8-9-26-41(33)52-44(35)36/h1-27,45H,(H,48,49,50). The van der Waals surface area contributed by atoms with Crippen LogP contribution in [0.4, 0.5) is 0 Å². The third-order valence-corrected chi connectivity index (χ3v) is 11.6. The van der Waals surface area contributed by atoms with E-state index in [1.165, 1.54) is 36.5 Å². The Hall–Kier alpha value is -6.56. The van der Waals surface area contributed by atoms with Gasteiger partial charge in [0, 0.05) is 47.6 Å². The highest BCUT2D eigenvalue weighted by molar-refractivity contribution is 7.26. The summed E-state index contributed by atoms with van der Waals surface area (Å²) in [6, 6.07) is 57.8. The summed E-state index contributed by atoms with van der Waals surface area (Å²) in [5, 5.41) is 13.1. The van der Waals surface area contributed by atoms with Gasteiger partial charge in [-0.3, -0.25) is 0 Å². The van der Waals surface area contributed by atoms with Crippen molar-refractivity contribution in [3.63, 3.8) is 0 Å². The van der Waals surface area contributed by atoms with Gasteiger partial charge in [0.05, 0.1) is 0 Å². The first kappa shape index (κ1) is 29.2. The van der Waals surface area contributed by atoms with Crippen LogP contribution in [0.15, 0.2) is 178 Å². The molecule has 2 aromatic heterocycles. The molecule has 0 radical (unpaired) electrons. The van der Waals surface area contributed by atoms with Crippen LogP contribution < -0.4 is 5.32 Å². The van der Waals surface area contributed by atoms with Gasteiger partial charge in [-0.05, 0) is 56.9 Å². The Kier molecular flexibility index (Phi) is 6.45. The molecule has 3 heterocycles. The zero-order valence-corrected chi connectivity index (χ0v) is 28.7. The number of aliphatic imine (C=N–C) groups is 2. The molecule has 4 nitrogen and oxygen atoms in total. The molecule has 1 atom stereocenters. The van der Waals surface area contributed by atoms with Crippen molar-refractivity contribution in [2.45, 2.75) is 6.17 Å². The summed E-state index contributed by atoms with van der Waals surface area (Å²) in [6.45, 7) is 0. The summed E-state index contributed by atoms with van der Waals surface area (Å²) in [4.78, 5) is 10.7. The lowest BCUT2D eigenvalue weighted by molar-refractivity contribution is 0.668. The number of fused-ring (bicyclic) bond motifs is 9. The first-order chi connectivity index (χ1) is 25.8. The second-order valence-electron chi connectivity index (χ2n) is 13.3. The summed E-state index contributed by atoms with van der Waals surface area (Å²) in [6.07, 6.45) is -0.339. The van der Waals surface area contributed by atoms with Gasteiger partial charge in [-0.15, -0.1) is 11.3 Å². The zero-order valence-electron chi connectivity index (χ0n) is 27.9. The van der Waals surface area contributed by atoms with Crippen LogP contribution >= 0.6 is 11.3 Å². The predicted octanol–water partition coefficient (Wildman–Crippen LogP) is 12.4. The van der Waals surface area contributed by atoms with Gasteiger partial charge in [0.25, 0.3) is 0 Å². The van der Waals surface area contributed by atoms with E-state index >= 15 is 0 Å². The second kappa shape index (κ2) is 11.5. The Morgan fingerprint density at radius 3 is 1.98 bits per heavy atom. The summed E-state index contributed by atoms with van der Waals surface area (Å²) in [7, 11) is 0. The molecular formula is C47H29N3OS. The minimum Gasteiger partial charge on any atom is -0.456 e. The molecule has 10 aromatic rings. The first-order valence-corrected chi connectivity index (χ1v) is 18.3. The fourth-order valence-electron chi connectivity index (χ4n) is 8.00. The molecule has 0 fully saturated rings. The fourth-order valence-corrected chi connectivity index (χ4v) is 9.23. The van der Waals surface area contributed by atoms with E-state index in [9.17, 15) is 0 Å². The van der Waals surface area contributed by atoms with Gasteiger partial charge in [0.2, 0.25) is 0 Å². The molecule has 11 rings (SSSR count). The molecule has 52 heavy (non-hydrogen) atoms. The molecule has 0 amide bonds. The van der Waals surface area contributed by atoms with E-state index in [0.29, 0.717) is 5.84 Å². The van der Waals surface area contributed by atoms with Gasteiger partial charge in [0.1, 0.15) is 23.2 Å². The molecule has 0 aliphatic carbocycles. The average Bonchev–Trinajstić information content (AvgIpc) is 3.80. The van der Waals surface area contributed by atoms with Crippen molar-refractivity contribution >= 4 is 86.7 Å². The van der Waals surface area contributed by atoms with Crippen molar-refractivity contribution in [3.8, 4) is 11.1 Å². The fraction of sp³-hybridized carbons (Fsp3) is 0.0213. The predicted molar refractivity (Wildman–Crippen MR) is 219 cm³/mol. The normalized spacial score (nSPS) is 14.7. The maximum Gasteiger partial charge on any atom is 0.160 e. The third-order valence-electron chi connectivity index (χ3n) is 10.3. The summed E-state index contributed by atoms with van der Waals surface area (Å²) in [5.41, 5.74) is 7.08. The number of benzene rings is 8. The second-order valence-corrected chi connectivity index (χ2v) is 14.4. The molecule has 5 heteroatoms. The van der Waals surface area contributed by atoms with E-state index in [2.05, 4.69) is 163 Å². The highest BCUT2D eigenvalue weighted by atomic mass is 32.1. The van der Waals surface area contributed by atoms with E-state index in [-0.39, 0.29) is 6.17 Å². The van der Waals surface area contributed by atoms with E-state index in [1.807, 2.05) is 17.4 Å². The summed E-state index contributed by atoms with van der Waals surface area (Å²) < 4.78 is 9.20. The van der Waals surface area contributed by atoms with E-state index in [0.717, 1.165) is 60.8 Å². The molecule has 1 aliphatic heterocycles. The lowest BCUT2D eigenvalue weighted by atomic mass is 9.95. The van der Waals surface area contributed by atoms with Crippen LogP contribution in [0.1, 0.15) is 22.9 Å². The van der Waals surface area contributed by atoms with Crippen LogP contribution in [0, 0.1) is 0 Å². The molecule has 1 aliphatic rings. The maximum absolute atomic E-state index is 6.64. The molecule has 8 aromatic carbocycles. The van der Waals surface area contributed by atoms with Crippen molar-refractivity contribution in [2.24, 2.45) is 9.98 Å². The van der Waals surface area contributed by atoms with E-state index < -0.39 is 0 Å². The quantitative estimate of drug-likeness (QED) is 0.188. The van der Waals surface area contributed by atoms with E-state index in [1.54, 1.807) is 0 Å². The van der Waals surface area contributed by atoms with Crippen molar-refractivity contribution in [1.29, 1.82) is 0 Å².